The molecule has 0 N–H and O–H groups in total. The van der Waals surface area contributed by atoms with Gasteiger partial charge in [0.05, 0.1) is 43.0 Å². The molecule has 152 valence electrons. The molecule has 0 spiro atoms. The maximum absolute atomic E-state index is 13.0. The molecule has 29 heavy (non-hydrogen) atoms. The van der Waals surface area contributed by atoms with Crippen LogP contribution in [-0.4, -0.2) is 46.5 Å². The van der Waals surface area contributed by atoms with Crippen molar-refractivity contribution in [1.82, 2.24) is 14.5 Å². The number of halogens is 1. The van der Waals surface area contributed by atoms with Gasteiger partial charge in [-0.05, 0) is 36.8 Å². The molecule has 4 rings (SSSR count). The van der Waals surface area contributed by atoms with Crippen LogP contribution >= 0.6 is 0 Å². The average molecular weight is 396 g/mol. The van der Waals surface area contributed by atoms with Crippen molar-refractivity contribution in [2.24, 2.45) is 5.16 Å². The fraction of sp³-hybridized carbons (Fsp3) is 0.364. The molecular weight excluding hydrogens is 371 g/mol. The van der Waals surface area contributed by atoms with E-state index in [1.807, 2.05) is 25.1 Å². The van der Waals surface area contributed by atoms with Crippen molar-refractivity contribution in [1.29, 1.82) is 0 Å². The number of nitrogens with zero attached hydrogens (tertiary/aromatic N) is 4. The maximum Gasteiger partial charge on any atom is 0.142 e. The third-order valence-corrected chi connectivity index (χ3v) is 4.95. The average Bonchev–Trinajstić information content (AvgIpc) is 3.07. The lowest BCUT2D eigenvalue weighted by molar-refractivity contribution is 0.0327. The van der Waals surface area contributed by atoms with Gasteiger partial charge in [0.15, 0.2) is 0 Å². The normalized spacial score (nSPS) is 15.7. The van der Waals surface area contributed by atoms with E-state index in [2.05, 4.69) is 20.7 Å². The van der Waals surface area contributed by atoms with Crippen molar-refractivity contribution in [3.05, 3.63) is 65.7 Å². The van der Waals surface area contributed by atoms with Crippen molar-refractivity contribution in [3.8, 4) is 0 Å². The molecule has 2 aromatic carbocycles. The van der Waals surface area contributed by atoms with Gasteiger partial charge in [-0.1, -0.05) is 29.4 Å². The van der Waals surface area contributed by atoms with Crippen molar-refractivity contribution in [2.75, 3.05) is 26.3 Å². The van der Waals surface area contributed by atoms with Crippen LogP contribution in [0.3, 0.4) is 0 Å². The summed E-state index contributed by atoms with van der Waals surface area (Å²) in [5.74, 6) is 0.759. The zero-order valence-electron chi connectivity index (χ0n) is 16.6. The minimum Gasteiger partial charge on any atom is -0.391 e. The standard InChI is InChI=1S/C22H25FN4O2/c1-17(25-29-16-18-6-8-19(23)9-7-18)14-27-21-5-3-2-4-20(21)24-22(27)15-26-10-12-28-13-11-26/h2-9H,10-16H2,1H3/b25-17+. The van der Waals surface area contributed by atoms with Gasteiger partial charge in [-0.25, -0.2) is 9.37 Å². The van der Waals surface area contributed by atoms with Crippen LogP contribution in [0, 0.1) is 5.82 Å². The Morgan fingerprint density at radius 2 is 1.90 bits per heavy atom. The van der Waals surface area contributed by atoms with E-state index >= 15 is 0 Å². The van der Waals surface area contributed by atoms with E-state index in [1.165, 1.54) is 12.1 Å². The summed E-state index contributed by atoms with van der Waals surface area (Å²) in [6.45, 7) is 6.98. The summed E-state index contributed by atoms with van der Waals surface area (Å²) in [4.78, 5) is 12.7. The molecule has 7 heteroatoms. The molecule has 1 fully saturated rings. The Hall–Kier alpha value is -2.77. The first kappa shape index (κ1) is 19.5. The first-order valence-electron chi connectivity index (χ1n) is 9.83. The van der Waals surface area contributed by atoms with Crippen molar-refractivity contribution in [3.63, 3.8) is 0 Å². The van der Waals surface area contributed by atoms with Gasteiger partial charge in [-0.2, -0.15) is 0 Å². The van der Waals surface area contributed by atoms with E-state index in [0.29, 0.717) is 13.2 Å². The number of hydrogen-bond donors (Lipinski definition) is 0. The van der Waals surface area contributed by atoms with Crippen LogP contribution < -0.4 is 0 Å². The Morgan fingerprint density at radius 1 is 1.14 bits per heavy atom. The summed E-state index contributed by atoms with van der Waals surface area (Å²) < 4.78 is 20.6. The van der Waals surface area contributed by atoms with E-state index in [1.54, 1.807) is 12.1 Å². The Labute approximate surface area is 169 Å². The number of hydrogen-bond acceptors (Lipinski definition) is 5. The first-order chi connectivity index (χ1) is 14.2. The second-order valence-electron chi connectivity index (χ2n) is 7.22. The van der Waals surface area contributed by atoms with Crippen LogP contribution in [0.15, 0.2) is 53.7 Å². The van der Waals surface area contributed by atoms with Gasteiger partial charge in [-0.3, -0.25) is 4.90 Å². The van der Waals surface area contributed by atoms with Gasteiger partial charge in [-0.15, -0.1) is 0 Å². The zero-order chi connectivity index (χ0) is 20.1. The molecule has 2 heterocycles. The molecule has 0 bridgehead atoms. The smallest absolute Gasteiger partial charge is 0.142 e. The van der Waals surface area contributed by atoms with E-state index in [4.69, 9.17) is 14.6 Å². The molecular formula is C22H25FN4O2. The highest BCUT2D eigenvalue weighted by Gasteiger charge is 2.17. The molecule has 1 aromatic heterocycles. The van der Waals surface area contributed by atoms with Crippen molar-refractivity contribution < 1.29 is 14.0 Å². The number of rotatable bonds is 7. The quantitative estimate of drug-likeness (QED) is 0.452. The summed E-state index contributed by atoms with van der Waals surface area (Å²) in [6, 6.07) is 14.4. The van der Waals surface area contributed by atoms with Crippen molar-refractivity contribution >= 4 is 16.7 Å². The second-order valence-corrected chi connectivity index (χ2v) is 7.22. The Balaban J connectivity index is 1.47. The monoisotopic (exact) mass is 396 g/mol. The molecule has 0 amide bonds. The number of benzene rings is 2. The number of para-hydroxylation sites is 2. The van der Waals surface area contributed by atoms with E-state index in [-0.39, 0.29) is 5.82 Å². The number of ether oxygens (including phenoxy) is 1. The highest BCUT2D eigenvalue weighted by molar-refractivity contribution is 5.84. The number of fused-ring (bicyclic) bond motifs is 1. The highest BCUT2D eigenvalue weighted by Crippen LogP contribution is 2.18. The number of imidazole rings is 1. The molecule has 0 saturated carbocycles. The van der Waals surface area contributed by atoms with E-state index < -0.39 is 0 Å². The Bertz CT molecular complexity index is 978. The summed E-state index contributed by atoms with van der Waals surface area (Å²) >= 11 is 0. The van der Waals surface area contributed by atoms with E-state index in [9.17, 15) is 4.39 Å². The minimum absolute atomic E-state index is 0.256. The van der Waals surface area contributed by atoms with Gasteiger partial charge in [0.2, 0.25) is 0 Å². The second kappa shape index (κ2) is 9.15. The fourth-order valence-electron chi connectivity index (χ4n) is 3.44. The number of oxime groups is 1. The molecule has 3 aromatic rings. The lowest BCUT2D eigenvalue weighted by Crippen LogP contribution is -2.36. The maximum atomic E-state index is 13.0. The molecule has 0 atom stereocenters. The first-order valence-corrected chi connectivity index (χ1v) is 9.83. The molecule has 1 aliphatic heterocycles. The SMILES string of the molecule is C/C(Cn1c(CN2CCOCC2)nc2ccccc21)=N\OCc1ccc(F)cc1. The van der Waals surface area contributed by atoms with Crippen LogP contribution in [0.25, 0.3) is 11.0 Å². The lowest BCUT2D eigenvalue weighted by atomic mass is 10.2. The van der Waals surface area contributed by atoms with E-state index in [0.717, 1.165) is 61.0 Å². The molecule has 1 aliphatic rings. The minimum atomic E-state index is -0.256. The largest absolute Gasteiger partial charge is 0.391 e. The summed E-state index contributed by atoms with van der Waals surface area (Å²) in [5, 5.41) is 4.25. The fourth-order valence-corrected chi connectivity index (χ4v) is 3.44. The highest BCUT2D eigenvalue weighted by atomic mass is 19.1. The summed E-state index contributed by atoms with van der Waals surface area (Å²) in [6.07, 6.45) is 0. The van der Waals surface area contributed by atoms with Crippen molar-refractivity contribution in [2.45, 2.75) is 26.6 Å². The van der Waals surface area contributed by atoms with Crippen LogP contribution in [0.1, 0.15) is 18.3 Å². The predicted octanol–water partition coefficient (Wildman–Crippen LogP) is 3.60. The zero-order valence-corrected chi connectivity index (χ0v) is 16.6. The molecule has 1 saturated heterocycles. The van der Waals surface area contributed by atoms with Crippen LogP contribution in [0.4, 0.5) is 4.39 Å². The topological polar surface area (TPSA) is 51.9 Å². The van der Waals surface area contributed by atoms with Gasteiger partial charge in [0.1, 0.15) is 18.2 Å². The molecule has 0 radical (unpaired) electrons. The Kier molecular flexibility index (Phi) is 6.17. The lowest BCUT2D eigenvalue weighted by Gasteiger charge is -2.26. The van der Waals surface area contributed by atoms with Crippen LogP contribution in [-0.2, 0) is 29.3 Å². The van der Waals surface area contributed by atoms with Crippen LogP contribution in [0.5, 0.6) is 0 Å². The predicted molar refractivity (Wildman–Crippen MR) is 110 cm³/mol. The van der Waals surface area contributed by atoms with Gasteiger partial charge in [0.25, 0.3) is 0 Å². The van der Waals surface area contributed by atoms with Crippen LogP contribution in [0.2, 0.25) is 0 Å². The van der Waals surface area contributed by atoms with Gasteiger partial charge >= 0.3 is 0 Å². The van der Waals surface area contributed by atoms with Gasteiger partial charge in [0, 0.05) is 13.1 Å². The summed E-state index contributed by atoms with van der Waals surface area (Å²) in [5.41, 5.74) is 3.79. The number of morpholine rings is 1. The molecule has 0 unspecified atom stereocenters. The number of aromatic nitrogens is 2. The third-order valence-electron chi connectivity index (χ3n) is 4.95. The summed E-state index contributed by atoms with van der Waals surface area (Å²) in [7, 11) is 0. The van der Waals surface area contributed by atoms with Gasteiger partial charge < -0.3 is 14.1 Å². The molecule has 0 aliphatic carbocycles. The molecule has 6 nitrogen and oxygen atoms in total. The Morgan fingerprint density at radius 3 is 2.69 bits per heavy atom. The third kappa shape index (κ3) is 4.99.